The lowest BCUT2D eigenvalue weighted by atomic mass is 10.0. The number of hydrogen-bond donors (Lipinski definition) is 1. The molecule has 1 amide bonds. The van der Waals surface area contributed by atoms with E-state index in [0.29, 0.717) is 45.1 Å². The van der Waals surface area contributed by atoms with Gasteiger partial charge in [-0.25, -0.2) is 23.1 Å². The van der Waals surface area contributed by atoms with Gasteiger partial charge in [-0.3, -0.25) is 4.79 Å². The summed E-state index contributed by atoms with van der Waals surface area (Å²) in [6.45, 7) is 2.32. The SMILES string of the molecule is O=C(Nc1ccc(F)c(F)c1F)c1ccnc(N2CCC3(CC2)OCCO3)n1. The predicted molar refractivity (Wildman–Crippen MR) is 92.4 cm³/mol. The van der Waals surface area contributed by atoms with Crippen LogP contribution in [0, 0.1) is 17.5 Å². The van der Waals surface area contributed by atoms with Crippen LogP contribution in [0.15, 0.2) is 24.4 Å². The van der Waals surface area contributed by atoms with Crippen molar-refractivity contribution in [2.24, 2.45) is 0 Å². The van der Waals surface area contributed by atoms with E-state index < -0.39 is 34.8 Å². The molecule has 1 aromatic heterocycles. The summed E-state index contributed by atoms with van der Waals surface area (Å²) >= 11 is 0. The molecule has 0 aliphatic carbocycles. The lowest BCUT2D eigenvalue weighted by Gasteiger charge is -2.37. The van der Waals surface area contributed by atoms with Crippen molar-refractivity contribution < 1.29 is 27.4 Å². The van der Waals surface area contributed by atoms with Gasteiger partial charge in [0.15, 0.2) is 23.2 Å². The summed E-state index contributed by atoms with van der Waals surface area (Å²) < 4.78 is 51.5. The first-order chi connectivity index (χ1) is 13.5. The topological polar surface area (TPSA) is 76.6 Å². The molecule has 28 heavy (non-hydrogen) atoms. The molecular formula is C18H17F3N4O3. The predicted octanol–water partition coefficient (Wildman–Crippen LogP) is 2.49. The van der Waals surface area contributed by atoms with Crippen LogP contribution in [0.3, 0.4) is 0 Å². The number of ether oxygens (including phenoxy) is 2. The highest BCUT2D eigenvalue weighted by Crippen LogP contribution is 2.32. The Hall–Kier alpha value is -2.72. The highest BCUT2D eigenvalue weighted by atomic mass is 19.2. The van der Waals surface area contributed by atoms with Crippen molar-refractivity contribution in [2.75, 3.05) is 36.5 Å². The third-order valence-electron chi connectivity index (χ3n) is 4.78. The van der Waals surface area contributed by atoms with E-state index in [0.717, 1.165) is 12.1 Å². The molecule has 2 aliphatic rings. The average molecular weight is 394 g/mol. The number of anilines is 2. The lowest BCUT2D eigenvalue weighted by molar-refractivity contribution is -0.169. The molecule has 10 heteroatoms. The second kappa shape index (κ2) is 7.36. The zero-order chi connectivity index (χ0) is 19.7. The van der Waals surface area contributed by atoms with E-state index in [1.54, 1.807) is 0 Å². The van der Waals surface area contributed by atoms with Gasteiger partial charge in [0.2, 0.25) is 5.95 Å². The zero-order valence-electron chi connectivity index (χ0n) is 14.8. The summed E-state index contributed by atoms with van der Waals surface area (Å²) in [7, 11) is 0. The van der Waals surface area contributed by atoms with Gasteiger partial charge in [0.25, 0.3) is 5.91 Å². The molecule has 7 nitrogen and oxygen atoms in total. The standard InChI is InChI=1S/C18H17F3N4O3/c19-11-1-2-12(15(21)14(11)20)23-16(26)13-3-6-22-17(24-13)25-7-4-18(5-8-25)27-9-10-28-18/h1-3,6H,4-5,7-10H2,(H,23,26). The van der Waals surface area contributed by atoms with Gasteiger partial charge in [-0.05, 0) is 18.2 Å². The number of nitrogens with one attached hydrogen (secondary N) is 1. The number of rotatable bonds is 3. The average Bonchev–Trinajstić information content (AvgIpc) is 3.17. The first kappa shape index (κ1) is 18.6. The van der Waals surface area contributed by atoms with Crippen LogP contribution < -0.4 is 10.2 Å². The van der Waals surface area contributed by atoms with E-state index in [2.05, 4.69) is 15.3 Å². The van der Waals surface area contributed by atoms with Crippen molar-refractivity contribution in [2.45, 2.75) is 18.6 Å². The second-order valence-electron chi connectivity index (χ2n) is 6.51. The smallest absolute Gasteiger partial charge is 0.274 e. The number of nitrogens with zero attached hydrogens (tertiary/aromatic N) is 3. The fraction of sp³-hybridized carbons (Fsp3) is 0.389. The number of carbonyl (C=O) groups is 1. The number of hydrogen-bond acceptors (Lipinski definition) is 6. The Labute approximate surface area is 158 Å². The van der Waals surface area contributed by atoms with Crippen LogP contribution in [0.25, 0.3) is 0 Å². The molecule has 2 aliphatic heterocycles. The minimum atomic E-state index is -1.65. The zero-order valence-corrected chi connectivity index (χ0v) is 14.8. The molecule has 148 valence electrons. The lowest BCUT2D eigenvalue weighted by Crippen LogP contribution is -2.45. The highest BCUT2D eigenvalue weighted by molar-refractivity contribution is 6.03. The minimum Gasteiger partial charge on any atom is -0.347 e. The number of carbonyl (C=O) groups excluding carboxylic acids is 1. The van der Waals surface area contributed by atoms with Crippen molar-refractivity contribution in [1.29, 1.82) is 0 Å². The maximum absolute atomic E-state index is 13.8. The molecule has 0 bridgehead atoms. The van der Waals surface area contributed by atoms with Crippen LogP contribution in [0.4, 0.5) is 24.8 Å². The minimum absolute atomic E-state index is 0.0252. The van der Waals surface area contributed by atoms with Gasteiger partial charge in [0, 0.05) is 32.1 Å². The molecule has 3 heterocycles. The number of amides is 1. The van der Waals surface area contributed by atoms with Crippen LogP contribution >= 0.6 is 0 Å². The van der Waals surface area contributed by atoms with E-state index in [1.165, 1.54) is 12.3 Å². The Morgan fingerprint density at radius 1 is 1.07 bits per heavy atom. The van der Waals surface area contributed by atoms with E-state index in [-0.39, 0.29) is 5.69 Å². The highest BCUT2D eigenvalue weighted by Gasteiger charge is 2.40. The summed E-state index contributed by atoms with van der Waals surface area (Å²) in [4.78, 5) is 22.6. The third-order valence-corrected chi connectivity index (χ3v) is 4.78. The van der Waals surface area contributed by atoms with Crippen molar-refractivity contribution in [3.63, 3.8) is 0 Å². The summed E-state index contributed by atoms with van der Waals surface area (Å²) in [5.74, 6) is -5.43. The molecule has 0 saturated carbocycles. The summed E-state index contributed by atoms with van der Waals surface area (Å²) in [6, 6.07) is 3.03. The first-order valence-electron chi connectivity index (χ1n) is 8.78. The van der Waals surface area contributed by atoms with Gasteiger partial charge in [-0.15, -0.1) is 0 Å². The van der Waals surface area contributed by atoms with Crippen LogP contribution in [-0.4, -0.2) is 48.0 Å². The van der Waals surface area contributed by atoms with Gasteiger partial charge >= 0.3 is 0 Å². The molecule has 0 atom stereocenters. The molecule has 2 aromatic rings. The third kappa shape index (κ3) is 3.52. The molecular weight excluding hydrogens is 377 g/mol. The monoisotopic (exact) mass is 394 g/mol. The molecule has 1 spiro atoms. The number of piperidine rings is 1. The molecule has 4 rings (SSSR count). The van der Waals surface area contributed by atoms with Gasteiger partial charge in [-0.2, -0.15) is 0 Å². The van der Waals surface area contributed by atoms with Gasteiger partial charge in [0.05, 0.1) is 18.9 Å². The quantitative estimate of drug-likeness (QED) is 0.807. The largest absolute Gasteiger partial charge is 0.347 e. The van der Waals surface area contributed by atoms with E-state index in [4.69, 9.17) is 9.47 Å². The molecule has 1 N–H and O–H groups in total. The Balaban J connectivity index is 1.46. The fourth-order valence-electron chi connectivity index (χ4n) is 3.27. The Morgan fingerprint density at radius 3 is 2.50 bits per heavy atom. The van der Waals surface area contributed by atoms with Crippen LogP contribution in [0.1, 0.15) is 23.3 Å². The maximum atomic E-state index is 13.8. The number of aromatic nitrogens is 2. The van der Waals surface area contributed by atoms with Crippen molar-refractivity contribution in [3.8, 4) is 0 Å². The van der Waals surface area contributed by atoms with Crippen molar-refractivity contribution in [3.05, 3.63) is 47.5 Å². The Morgan fingerprint density at radius 2 is 1.79 bits per heavy atom. The van der Waals surface area contributed by atoms with Crippen LogP contribution in [-0.2, 0) is 9.47 Å². The van der Waals surface area contributed by atoms with Gasteiger partial charge in [-0.1, -0.05) is 0 Å². The van der Waals surface area contributed by atoms with E-state index >= 15 is 0 Å². The van der Waals surface area contributed by atoms with E-state index in [1.807, 2.05) is 4.90 Å². The molecule has 1 aromatic carbocycles. The fourth-order valence-corrected chi connectivity index (χ4v) is 3.27. The van der Waals surface area contributed by atoms with Crippen molar-refractivity contribution >= 4 is 17.5 Å². The summed E-state index contributed by atoms with van der Waals surface area (Å²) in [5, 5.41) is 2.19. The van der Waals surface area contributed by atoms with Gasteiger partial charge in [0.1, 0.15) is 5.69 Å². The van der Waals surface area contributed by atoms with Crippen molar-refractivity contribution in [1.82, 2.24) is 9.97 Å². The van der Waals surface area contributed by atoms with Crippen LogP contribution in [0.2, 0.25) is 0 Å². The van der Waals surface area contributed by atoms with Crippen LogP contribution in [0.5, 0.6) is 0 Å². The second-order valence-corrected chi connectivity index (χ2v) is 6.51. The number of halogens is 3. The van der Waals surface area contributed by atoms with E-state index in [9.17, 15) is 18.0 Å². The molecule has 0 radical (unpaired) electrons. The summed E-state index contributed by atoms with van der Waals surface area (Å²) in [6.07, 6.45) is 2.70. The molecule has 2 saturated heterocycles. The molecule has 0 unspecified atom stereocenters. The maximum Gasteiger partial charge on any atom is 0.274 e. The first-order valence-corrected chi connectivity index (χ1v) is 8.78. The summed E-state index contributed by atoms with van der Waals surface area (Å²) in [5.41, 5.74) is -0.498. The normalized spacial score (nSPS) is 18.5. The Kier molecular flexibility index (Phi) is 4.90. The Bertz CT molecular complexity index is 896. The number of benzene rings is 1. The van der Waals surface area contributed by atoms with Gasteiger partial charge < -0.3 is 19.7 Å². The molecule has 2 fully saturated rings.